The zero-order valence-corrected chi connectivity index (χ0v) is 15.7. The largest absolute Gasteiger partial charge is 0.454 e. The molecule has 1 aromatic heterocycles. The van der Waals surface area contributed by atoms with E-state index in [0.717, 1.165) is 11.3 Å². The lowest BCUT2D eigenvalue weighted by atomic mass is 10.1. The number of hydrogen-bond acceptors (Lipinski definition) is 6. The predicted molar refractivity (Wildman–Crippen MR) is 103 cm³/mol. The topological polar surface area (TPSA) is 107 Å². The molecule has 2 amide bonds. The molecule has 0 bridgehead atoms. The summed E-state index contributed by atoms with van der Waals surface area (Å²) < 4.78 is 12.1. The highest BCUT2D eigenvalue weighted by atomic mass is 16.7. The molecule has 0 unspecified atom stereocenters. The fraction of sp³-hybridized carbons (Fsp3) is 0.200. The van der Waals surface area contributed by atoms with Crippen molar-refractivity contribution in [2.75, 3.05) is 13.3 Å². The summed E-state index contributed by atoms with van der Waals surface area (Å²) >= 11 is 0. The number of benzene rings is 2. The second-order valence-electron chi connectivity index (χ2n) is 6.47. The van der Waals surface area contributed by atoms with Gasteiger partial charge in [-0.3, -0.25) is 9.59 Å². The fourth-order valence-electron chi connectivity index (χ4n) is 2.93. The maximum atomic E-state index is 12.3. The minimum Gasteiger partial charge on any atom is -0.454 e. The van der Waals surface area contributed by atoms with Gasteiger partial charge in [0, 0.05) is 5.56 Å². The van der Waals surface area contributed by atoms with E-state index in [9.17, 15) is 9.59 Å². The highest BCUT2D eigenvalue weighted by Crippen LogP contribution is 2.32. The van der Waals surface area contributed by atoms with Gasteiger partial charge in [0.25, 0.3) is 5.91 Å². The van der Waals surface area contributed by atoms with Gasteiger partial charge in [0.2, 0.25) is 12.7 Å². The number of amides is 2. The maximum absolute atomic E-state index is 12.3. The van der Waals surface area contributed by atoms with Crippen LogP contribution in [-0.4, -0.2) is 39.9 Å². The van der Waals surface area contributed by atoms with E-state index in [2.05, 4.69) is 20.7 Å². The molecule has 1 aliphatic heterocycles. The van der Waals surface area contributed by atoms with E-state index < -0.39 is 0 Å². The van der Waals surface area contributed by atoms with Crippen LogP contribution >= 0.6 is 0 Å². The number of aromatic nitrogens is 3. The smallest absolute Gasteiger partial charge is 0.251 e. The van der Waals surface area contributed by atoms with E-state index in [-0.39, 0.29) is 31.2 Å². The van der Waals surface area contributed by atoms with Crippen LogP contribution in [0.25, 0.3) is 5.69 Å². The van der Waals surface area contributed by atoms with Crippen molar-refractivity contribution in [1.29, 1.82) is 0 Å². The van der Waals surface area contributed by atoms with Crippen molar-refractivity contribution in [2.24, 2.45) is 0 Å². The molecule has 0 radical (unpaired) electrons. The van der Waals surface area contributed by atoms with Crippen molar-refractivity contribution < 1.29 is 19.1 Å². The second-order valence-corrected chi connectivity index (χ2v) is 6.47. The Labute approximate surface area is 166 Å². The number of nitrogens with zero attached hydrogens (tertiary/aromatic N) is 3. The third kappa shape index (κ3) is 4.18. The van der Waals surface area contributed by atoms with Crippen molar-refractivity contribution in [3.05, 3.63) is 66.2 Å². The van der Waals surface area contributed by atoms with Crippen LogP contribution in [0.2, 0.25) is 0 Å². The van der Waals surface area contributed by atoms with Gasteiger partial charge in [-0.05, 0) is 42.8 Å². The van der Waals surface area contributed by atoms with Gasteiger partial charge in [-0.2, -0.15) is 5.10 Å². The summed E-state index contributed by atoms with van der Waals surface area (Å²) in [5.41, 5.74) is 2.21. The van der Waals surface area contributed by atoms with Gasteiger partial charge in [-0.15, -0.1) is 0 Å². The van der Waals surface area contributed by atoms with Crippen LogP contribution in [-0.2, 0) is 4.79 Å². The van der Waals surface area contributed by atoms with E-state index in [0.29, 0.717) is 17.1 Å². The first-order valence-electron chi connectivity index (χ1n) is 9.02. The molecule has 9 heteroatoms. The highest BCUT2D eigenvalue weighted by molar-refractivity contribution is 5.97. The Balaban J connectivity index is 1.29. The molecule has 4 rings (SSSR count). The molecule has 9 nitrogen and oxygen atoms in total. The van der Waals surface area contributed by atoms with Crippen molar-refractivity contribution >= 4 is 11.8 Å². The van der Waals surface area contributed by atoms with Crippen molar-refractivity contribution in [3.63, 3.8) is 0 Å². The van der Waals surface area contributed by atoms with E-state index in [1.165, 1.54) is 6.33 Å². The Morgan fingerprint density at radius 1 is 1.14 bits per heavy atom. The van der Waals surface area contributed by atoms with E-state index in [1.807, 2.05) is 31.2 Å². The van der Waals surface area contributed by atoms with Gasteiger partial charge < -0.3 is 20.1 Å². The molecule has 2 aromatic carbocycles. The molecule has 2 N–H and O–H groups in total. The number of rotatable bonds is 6. The number of hydrogen-bond donors (Lipinski definition) is 2. The molecule has 1 atom stereocenters. The van der Waals surface area contributed by atoms with Crippen LogP contribution in [0.4, 0.5) is 0 Å². The van der Waals surface area contributed by atoms with Gasteiger partial charge >= 0.3 is 0 Å². The molecule has 148 valence electrons. The Bertz CT molecular complexity index is 1020. The van der Waals surface area contributed by atoms with Crippen molar-refractivity contribution in [1.82, 2.24) is 25.4 Å². The monoisotopic (exact) mass is 393 g/mol. The van der Waals surface area contributed by atoms with Crippen LogP contribution in [0.15, 0.2) is 55.1 Å². The summed E-state index contributed by atoms with van der Waals surface area (Å²) in [6, 6.07) is 12.3. The van der Waals surface area contributed by atoms with Crippen LogP contribution in [0.1, 0.15) is 28.9 Å². The van der Waals surface area contributed by atoms with Crippen molar-refractivity contribution in [2.45, 2.75) is 13.0 Å². The normalized spacial score (nSPS) is 13.0. The number of ether oxygens (including phenoxy) is 2. The number of carbonyl (C=O) groups is 2. The Morgan fingerprint density at radius 3 is 2.69 bits per heavy atom. The summed E-state index contributed by atoms with van der Waals surface area (Å²) in [6.07, 6.45) is 3.08. The van der Waals surface area contributed by atoms with Crippen molar-refractivity contribution in [3.8, 4) is 17.2 Å². The Kier molecular flexibility index (Phi) is 5.10. The summed E-state index contributed by atoms with van der Waals surface area (Å²) in [5.74, 6) is 0.475. The Hall–Kier alpha value is -3.88. The molecule has 1 aliphatic rings. The van der Waals surface area contributed by atoms with Gasteiger partial charge in [0.15, 0.2) is 11.5 Å². The third-order valence-corrected chi connectivity index (χ3v) is 4.50. The molecule has 0 fully saturated rings. The second kappa shape index (κ2) is 8.01. The van der Waals surface area contributed by atoms with Gasteiger partial charge in [0.05, 0.1) is 18.3 Å². The standard InChI is InChI=1S/C20H19N5O4/c1-13(14-2-5-16(6-3-14)25-11-21-10-23-25)24-19(26)9-22-20(27)15-4-7-17-18(8-15)29-12-28-17/h2-8,10-11,13H,9,12H2,1H3,(H,22,27)(H,24,26)/t13-/m0/s1. The van der Waals surface area contributed by atoms with Crippen LogP contribution < -0.4 is 20.1 Å². The molecular formula is C20H19N5O4. The van der Waals surface area contributed by atoms with E-state index in [1.54, 1.807) is 29.2 Å². The SMILES string of the molecule is C[C@H](NC(=O)CNC(=O)c1ccc2c(c1)OCO2)c1ccc(-n2cncn2)cc1. The summed E-state index contributed by atoms with van der Waals surface area (Å²) in [5, 5.41) is 9.55. The third-order valence-electron chi connectivity index (χ3n) is 4.50. The quantitative estimate of drug-likeness (QED) is 0.659. The zero-order valence-electron chi connectivity index (χ0n) is 15.7. The lowest BCUT2D eigenvalue weighted by molar-refractivity contribution is -0.120. The lowest BCUT2D eigenvalue weighted by Gasteiger charge is -2.15. The van der Waals surface area contributed by atoms with Gasteiger partial charge in [-0.1, -0.05) is 12.1 Å². The van der Waals surface area contributed by atoms with Gasteiger partial charge in [-0.25, -0.2) is 9.67 Å². The maximum Gasteiger partial charge on any atom is 0.251 e. The first-order chi connectivity index (χ1) is 14.1. The van der Waals surface area contributed by atoms with E-state index >= 15 is 0 Å². The molecule has 2 heterocycles. The number of nitrogens with one attached hydrogen (secondary N) is 2. The lowest BCUT2D eigenvalue weighted by Crippen LogP contribution is -2.38. The molecule has 0 saturated heterocycles. The molecule has 0 saturated carbocycles. The number of carbonyl (C=O) groups excluding carboxylic acids is 2. The average molecular weight is 393 g/mol. The summed E-state index contributed by atoms with van der Waals surface area (Å²) in [7, 11) is 0. The predicted octanol–water partition coefficient (Wildman–Crippen LogP) is 1.60. The summed E-state index contributed by atoms with van der Waals surface area (Å²) in [4.78, 5) is 28.4. The first kappa shape index (κ1) is 18.5. The molecule has 0 aliphatic carbocycles. The summed E-state index contributed by atoms with van der Waals surface area (Å²) in [6.45, 7) is 1.89. The van der Waals surface area contributed by atoms with Crippen LogP contribution in [0.3, 0.4) is 0 Å². The minimum absolute atomic E-state index is 0.130. The minimum atomic E-state index is -0.358. The molecular weight excluding hydrogens is 374 g/mol. The zero-order chi connectivity index (χ0) is 20.2. The first-order valence-corrected chi connectivity index (χ1v) is 9.02. The van der Waals surface area contributed by atoms with Gasteiger partial charge in [0.1, 0.15) is 12.7 Å². The van der Waals surface area contributed by atoms with E-state index in [4.69, 9.17) is 9.47 Å². The fourth-order valence-corrected chi connectivity index (χ4v) is 2.93. The molecule has 3 aromatic rings. The molecule has 29 heavy (non-hydrogen) atoms. The average Bonchev–Trinajstić information content (AvgIpc) is 3.43. The number of fused-ring (bicyclic) bond motifs is 1. The highest BCUT2D eigenvalue weighted by Gasteiger charge is 2.17. The van der Waals surface area contributed by atoms with Crippen LogP contribution in [0.5, 0.6) is 11.5 Å². The Morgan fingerprint density at radius 2 is 1.93 bits per heavy atom. The van der Waals surface area contributed by atoms with Crippen LogP contribution in [0, 0.1) is 0 Å². The molecule has 0 spiro atoms.